The summed E-state index contributed by atoms with van der Waals surface area (Å²) >= 11 is 1.81. The van der Waals surface area contributed by atoms with E-state index in [2.05, 4.69) is 222 Å². The lowest BCUT2D eigenvalue weighted by Gasteiger charge is -2.13. The Bertz CT molecular complexity index is 4170. The lowest BCUT2D eigenvalue weighted by Crippen LogP contribution is -1.98. The molecule has 0 radical (unpaired) electrons. The quantitative estimate of drug-likeness (QED) is 0.162. The number of hydrogen-bond acceptors (Lipinski definition) is 2. The molecule has 0 bridgehead atoms. The van der Waals surface area contributed by atoms with Crippen LogP contribution in [0.15, 0.2) is 212 Å². The number of thiophene rings is 1. The van der Waals surface area contributed by atoms with Gasteiger partial charge in [0.2, 0.25) is 0 Å². The van der Waals surface area contributed by atoms with Crippen LogP contribution in [0, 0.1) is 0 Å². The Balaban J connectivity index is 0.947. The van der Waals surface area contributed by atoms with Crippen molar-refractivity contribution in [3.8, 4) is 33.8 Å². The Morgan fingerprint density at radius 1 is 0.302 bits per heavy atom. The molecule has 0 spiro atoms. The summed E-state index contributed by atoms with van der Waals surface area (Å²) in [7, 11) is 0. The van der Waals surface area contributed by atoms with E-state index in [1.807, 2.05) is 11.3 Å². The van der Waals surface area contributed by atoms with Gasteiger partial charge in [-0.2, -0.15) is 0 Å². The number of pyridine rings is 1. The van der Waals surface area contributed by atoms with Gasteiger partial charge in [0.15, 0.2) is 0 Å². The first-order valence-electron chi connectivity index (χ1n) is 21.5. The van der Waals surface area contributed by atoms with E-state index >= 15 is 0 Å². The molecule has 292 valence electrons. The smallest absolute Gasteiger partial charge is 0.0788 e. The summed E-state index contributed by atoms with van der Waals surface area (Å²) < 4.78 is 7.39. The van der Waals surface area contributed by atoms with Gasteiger partial charge in [0.1, 0.15) is 0 Å². The van der Waals surface area contributed by atoms with Crippen LogP contribution in [0.5, 0.6) is 0 Å². The molecular formula is C59H35N3S. The lowest BCUT2D eigenvalue weighted by atomic mass is 9.91. The van der Waals surface area contributed by atoms with Crippen LogP contribution in [0.2, 0.25) is 0 Å². The van der Waals surface area contributed by atoms with Crippen LogP contribution in [-0.2, 0) is 0 Å². The van der Waals surface area contributed by atoms with E-state index in [0.717, 1.165) is 22.6 Å². The van der Waals surface area contributed by atoms with E-state index in [0.29, 0.717) is 0 Å². The van der Waals surface area contributed by atoms with Crippen molar-refractivity contribution in [1.82, 2.24) is 14.1 Å². The number of rotatable bonds is 4. The predicted octanol–water partition coefficient (Wildman–Crippen LogP) is 16.4. The predicted molar refractivity (Wildman–Crippen MR) is 269 cm³/mol. The first-order valence-corrected chi connectivity index (χ1v) is 22.3. The topological polar surface area (TPSA) is 22.8 Å². The van der Waals surface area contributed by atoms with Gasteiger partial charge >= 0.3 is 0 Å². The Morgan fingerprint density at radius 2 is 0.825 bits per heavy atom. The maximum atomic E-state index is 5.08. The van der Waals surface area contributed by atoms with Crippen LogP contribution < -0.4 is 0 Å². The summed E-state index contributed by atoms with van der Waals surface area (Å²) in [4.78, 5) is 5.08. The van der Waals surface area contributed by atoms with Gasteiger partial charge in [0.05, 0.1) is 32.5 Å². The highest BCUT2D eigenvalue weighted by molar-refractivity contribution is 7.25. The van der Waals surface area contributed by atoms with E-state index in [1.54, 1.807) is 0 Å². The van der Waals surface area contributed by atoms with Crippen molar-refractivity contribution in [2.24, 2.45) is 0 Å². The fourth-order valence-corrected chi connectivity index (χ4v) is 11.6. The molecule has 10 aromatic carbocycles. The van der Waals surface area contributed by atoms with E-state index in [9.17, 15) is 0 Å². The highest BCUT2D eigenvalue weighted by atomic mass is 32.1. The van der Waals surface area contributed by atoms with Gasteiger partial charge in [-0.1, -0.05) is 146 Å². The van der Waals surface area contributed by atoms with Crippen LogP contribution in [0.25, 0.3) is 130 Å². The van der Waals surface area contributed by atoms with E-state index in [1.165, 1.54) is 107 Å². The molecule has 14 aromatic rings. The van der Waals surface area contributed by atoms with Crippen LogP contribution >= 0.6 is 11.3 Å². The first-order chi connectivity index (χ1) is 31.2. The molecule has 4 aromatic heterocycles. The monoisotopic (exact) mass is 817 g/mol. The van der Waals surface area contributed by atoms with Gasteiger partial charge < -0.3 is 9.13 Å². The summed E-state index contributed by atoms with van der Waals surface area (Å²) in [6.07, 6.45) is 2.07. The number of hydrogen-bond donors (Lipinski definition) is 0. The number of aromatic nitrogens is 3. The molecule has 4 heterocycles. The van der Waals surface area contributed by atoms with Gasteiger partial charge in [-0.3, -0.25) is 4.98 Å². The highest BCUT2D eigenvalue weighted by Crippen LogP contribution is 2.44. The van der Waals surface area contributed by atoms with Crippen molar-refractivity contribution in [3.63, 3.8) is 0 Å². The molecule has 0 N–H and O–H groups in total. The molecule has 14 rings (SSSR count). The third-order valence-corrected chi connectivity index (χ3v) is 14.4. The summed E-state index contributed by atoms with van der Waals surface area (Å²) in [6.45, 7) is 0. The molecular weight excluding hydrogens is 783 g/mol. The minimum atomic E-state index is 0.970. The average molecular weight is 818 g/mol. The molecule has 0 atom stereocenters. The Labute approximate surface area is 365 Å². The van der Waals surface area contributed by atoms with Crippen molar-refractivity contribution in [3.05, 3.63) is 212 Å². The summed E-state index contributed by atoms with van der Waals surface area (Å²) in [5.41, 5.74) is 11.6. The molecule has 63 heavy (non-hydrogen) atoms. The van der Waals surface area contributed by atoms with Crippen molar-refractivity contribution in [2.45, 2.75) is 0 Å². The third kappa shape index (κ3) is 5.04. The zero-order valence-electron chi connectivity index (χ0n) is 34.0. The SMILES string of the molecule is c1ccc(-n2c3ccccc3c3ccc4c5ccccc5n(-c5ccc6sc7cnc(-c8cccc(-c9ccc%10c%11ccccc%11c%11ccccc%11c%10c9)c8)cc7c6c5)c4c32)cc1. The summed E-state index contributed by atoms with van der Waals surface area (Å²) in [5, 5.41) is 15.2. The number of fused-ring (bicyclic) bond motifs is 16. The lowest BCUT2D eigenvalue weighted by molar-refractivity contribution is 1.15. The second-order valence-electron chi connectivity index (χ2n) is 16.7. The molecule has 0 saturated heterocycles. The van der Waals surface area contributed by atoms with E-state index in [-0.39, 0.29) is 0 Å². The van der Waals surface area contributed by atoms with Gasteiger partial charge in [0.25, 0.3) is 0 Å². The first kappa shape index (κ1) is 34.6. The Hall–Kier alpha value is -8.05. The van der Waals surface area contributed by atoms with Crippen molar-refractivity contribution < 1.29 is 0 Å². The standard InChI is InChI=1S/C59H35N3S/c1-2-15-39(16-3-1)61-54-23-10-8-21-46(54)48-28-29-49-47-22-9-11-24-55(47)62(59(49)58(48)61)40-26-30-56-51(33-40)52-34-53(60-35-57(52)63-56)38-14-12-13-36(31-38)37-25-27-45-43-19-5-4-17-41(43)42-18-6-7-20-44(42)50(45)32-37/h1-35H. The zero-order chi connectivity index (χ0) is 41.2. The third-order valence-electron chi connectivity index (χ3n) is 13.3. The minimum Gasteiger partial charge on any atom is -0.307 e. The molecule has 3 nitrogen and oxygen atoms in total. The van der Waals surface area contributed by atoms with Crippen molar-refractivity contribution in [2.75, 3.05) is 0 Å². The van der Waals surface area contributed by atoms with Crippen LogP contribution in [0.4, 0.5) is 0 Å². The summed E-state index contributed by atoms with van der Waals surface area (Å²) in [5.74, 6) is 0. The normalized spacial score (nSPS) is 12.1. The fraction of sp³-hybridized carbons (Fsp3) is 0. The fourth-order valence-electron chi connectivity index (χ4n) is 10.5. The molecule has 0 aliphatic rings. The van der Waals surface area contributed by atoms with Crippen molar-refractivity contribution in [1.29, 1.82) is 0 Å². The van der Waals surface area contributed by atoms with E-state index < -0.39 is 0 Å². The number of para-hydroxylation sites is 3. The molecule has 0 amide bonds. The largest absolute Gasteiger partial charge is 0.307 e. The van der Waals surface area contributed by atoms with Crippen LogP contribution in [0.1, 0.15) is 0 Å². The molecule has 0 fully saturated rings. The van der Waals surface area contributed by atoms with Crippen molar-refractivity contribution >= 4 is 107 Å². The molecule has 0 saturated carbocycles. The number of nitrogens with zero attached hydrogens (tertiary/aromatic N) is 3. The van der Waals surface area contributed by atoms with Gasteiger partial charge in [-0.25, -0.2) is 0 Å². The van der Waals surface area contributed by atoms with Gasteiger partial charge in [-0.05, 0) is 104 Å². The van der Waals surface area contributed by atoms with E-state index in [4.69, 9.17) is 4.98 Å². The second kappa shape index (κ2) is 13.2. The molecule has 0 aliphatic heterocycles. The highest BCUT2D eigenvalue weighted by Gasteiger charge is 2.22. The number of benzene rings is 10. The molecule has 4 heteroatoms. The second-order valence-corrected chi connectivity index (χ2v) is 17.8. The zero-order valence-corrected chi connectivity index (χ0v) is 34.8. The maximum Gasteiger partial charge on any atom is 0.0788 e. The van der Waals surface area contributed by atoms with Gasteiger partial charge in [0, 0.05) is 60.2 Å². The minimum absolute atomic E-state index is 0.970. The van der Waals surface area contributed by atoms with Crippen LogP contribution in [0.3, 0.4) is 0 Å². The molecule has 0 unspecified atom stereocenters. The maximum absolute atomic E-state index is 5.08. The Morgan fingerprint density at radius 3 is 1.51 bits per heavy atom. The van der Waals surface area contributed by atoms with Gasteiger partial charge in [-0.15, -0.1) is 11.3 Å². The molecule has 0 aliphatic carbocycles. The summed E-state index contributed by atoms with van der Waals surface area (Å²) in [6, 6.07) is 75.8. The van der Waals surface area contributed by atoms with Crippen LogP contribution in [-0.4, -0.2) is 14.1 Å². The Kier molecular flexibility index (Phi) is 7.27. The average Bonchev–Trinajstić information content (AvgIpc) is 4.01.